The van der Waals surface area contributed by atoms with Crippen molar-refractivity contribution in [3.05, 3.63) is 23.8 Å². The van der Waals surface area contributed by atoms with Crippen LogP contribution in [0.2, 0.25) is 0 Å². The number of allylic oxidation sites excluding steroid dienone is 4. The molecule has 1 aliphatic carbocycles. The molecule has 86 valence electrons. The van der Waals surface area contributed by atoms with Crippen molar-refractivity contribution in [3.63, 3.8) is 0 Å². The normalized spacial score (nSPS) is 27.8. The predicted molar refractivity (Wildman–Crippen MR) is 68.8 cm³/mol. The molecule has 0 radical (unpaired) electrons. The fraction of sp³-hybridized carbons (Fsp3) is 0.733. The van der Waals surface area contributed by atoms with Gasteiger partial charge in [-0.3, -0.25) is 0 Å². The van der Waals surface area contributed by atoms with Crippen LogP contribution in [0.1, 0.15) is 48.5 Å². The third-order valence-corrected chi connectivity index (χ3v) is 3.36. The molecule has 0 heterocycles. The van der Waals surface area contributed by atoms with E-state index in [9.17, 15) is 0 Å². The maximum atomic E-state index is 2.45. The summed E-state index contributed by atoms with van der Waals surface area (Å²) in [6, 6.07) is 0. The van der Waals surface area contributed by atoms with E-state index >= 15 is 0 Å². The molecular formula is C15H26. The van der Waals surface area contributed by atoms with E-state index in [4.69, 9.17) is 0 Å². The summed E-state index contributed by atoms with van der Waals surface area (Å²) in [7, 11) is 0. The Labute approximate surface area is 95.5 Å². The zero-order valence-corrected chi connectivity index (χ0v) is 11.4. The van der Waals surface area contributed by atoms with Crippen molar-refractivity contribution in [3.8, 4) is 0 Å². The van der Waals surface area contributed by atoms with Gasteiger partial charge in [0.05, 0.1) is 0 Å². The van der Waals surface area contributed by atoms with Gasteiger partial charge in [0.1, 0.15) is 0 Å². The molecule has 0 N–H and O–H groups in total. The molecule has 0 aliphatic heterocycles. The largest absolute Gasteiger partial charge is 0.0800 e. The summed E-state index contributed by atoms with van der Waals surface area (Å²) in [4.78, 5) is 0. The molecule has 0 saturated carbocycles. The van der Waals surface area contributed by atoms with E-state index in [1.807, 2.05) is 0 Å². The van der Waals surface area contributed by atoms with Crippen LogP contribution < -0.4 is 0 Å². The molecule has 0 heteroatoms. The summed E-state index contributed by atoms with van der Waals surface area (Å²) in [5.74, 6) is 1.33. The Balaban J connectivity index is 2.90. The maximum Gasteiger partial charge on any atom is -0.0121 e. The van der Waals surface area contributed by atoms with Crippen molar-refractivity contribution in [1.82, 2.24) is 0 Å². The van der Waals surface area contributed by atoms with Gasteiger partial charge >= 0.3 is 0 Å². The summed E-state index contributed by atoms with van der Waals surface area (Å²) in [5.41, 5.74) is 2.14. The van der Waals surface area contributed by atoms with Gasteiger partial charge in [-0.1, -0.05) is 66.7 Å². The van der Waals surface area contributed by atoms with Gasteiger partial charge in [0.2, 0.25) is 0 Å². The summed E-state index contributed by atoms with van der Waals surface area (Å²) in [6.45, 7) is 16.2. The molecule has 0 fully saturated rings. The lowest BCUT2D eigenvalue weighted by Crippen LogP contribution is -2.27. The quantitative estimate of drug-likeness (QED) is 0.532. The number of hydrogen-bond acceptors (Lipinski definition) is 0. The smallest absolute Gasteiger partial charge is 0.0121 e. The Morgan fingerprint density at radius 3 is 1.87 bits per heavy atom. The molecule has 0 amide bonds. The Morgan fingerprint density at radius 2 is 1.53 bits per heavy atom. The topological polar surface area (TPSA) is 0 Å². The van der Waals surface area contributed by atoms with Crippen LogP contribution in [0.4, 0.5) is 0 Å². The maximum absolute atomic E-state index is 2.45. The minimum atomic E-state index is 0.285. The lowest BCUT2D eigenvalue weighted by molar-refractivity contribution is 0.241. The van der Waals surface area contributed by atoms with Crippen molar-refractivity contribution in [2.45, 2.75) is 48.5 Å². The average Bonchev–Trinajstić information content (AvgIpc) is 1.99. The van der Waals surface area contributed by atoms with Crippen LogP contribution in [-0.2, 0) is 0 Å². The highest BCUT2D eigenvalue weighted by molar-refractivity contribution is 5.30. The van der Waals surface area contributed by atoms with E-state index < -0.39 is 0 Å². The first-order chi connectivity index (χ1) is 6.62. The first-order valence-corrected chi connectivity index (χ1v) is 6.03. The summed E-state index contributed by atoms with van der Waals surface area (Å²) >= 11 is 0. The van der Waals surface area contributed by atoms with Gasteiger partial charge in [0.15, 0.2) is 0 Å². The van der Waals surface area contributed by atoms with Crippen LogP contribution in [0.3, 0.4) is 0 Å². The van der Waals surface area contributed by atoms with Gasteiger partial charge in [-0.2, -0.15) is 0 Å². The molecule has 0 aromatic rings. The summed E-state index contributed by atoms with van der Waals surface area (Å²) in [6.07, 6.45) is 7.19. The second-order valence-corrected chi connectivity index (χ2v) is 6.98. The van der Waals surface area contributed by atoms with Gasteiger partial charge in [-0.05, 0) is 28.2 Å². The zero-order valence-electron chi connectivity index (χ0n) is 11.4. The van der Waals surface area contributed by atoms with Crippen molar-refractivity contribution in [2.24, 2.45) is 22.7 Å². The highest BCUT2D eigenvalue weighted by Gasteiger charge is 2.30. The van der Waals surface area contributed by atoms with E-state index in [0.717, 1.165) is 0 Å². The van der Waals surface area contributed by atoms with E-state index in [2.05, 4.69) is 66.7 Å². The number of hydrogen-bond donors (Lipinski definition) is 0. The Bertz CT molecular complexity index is 278. The van der Waals surface area contributed by atoms with E-state index in [1.54, 1.807) is 0 Å². The van der Waals surface area contributed by atoms with Crippen LogP contribution in [0.25, 0.3) is 0 Å². The van der Waals surface area contributed by atoms with Gasteiger partial charge in [0.25, 0.3) is 0 Å². The van der Waals surface area contributed by atoms with Crippen molar-refractivity contribution in [2.75, 3.05) is 0 Å². The third-order valence-electron chi connectivity index (χ3n) is 3.36. The first kappa shape index (κ1) is 12.5. The van der Waals surface area contributed by atoms with E-state index in [-0.39, 0.29) is 5.41 Å². The van der Waals surface area contributed by atoms with Crippen molar-refractivity contribution >= 4 is 0 Å². The Morgan fingerprint density at radius 1 is 1.00 bits per heavy atom. The molecule has 2 atom stereocenters. The molecule has 0 nitrogen and oxygen atoms in total. The van der Waals surface area contributed by atoms with Crippen molar-refractivity contribution < 1.29 is 0 Å². The van der Waals surface area contributed by atoms with Gasteiger partial charge in [-0.15, -0.1) is 0 Å². The molecule has 0 saturated heterocycles. The van der Waals surface area contributed by atoms with E-state index in [0.29, 0.717) is 17.3 Å². The monoisotopic (exact) mass is 206 g/mol. The fourth-order valence-corrected chi connectivity index (χ4v) is 2.40. The zero-order chi connectivity index (χ0) is 11.9. The molecule has 1 aliphatic rings. The molecule has 0 aromatic heterocycles. The van der Waals surface area contributed by atoms with Crippen LogP contribution in [0, 0.1) is 22.7 Å². The Hall–Kier alpha value is -0.520. The second-order valence-electron chi connectivity index (χ2n) is 6.98. The first-order valence-electron chi connectivity index (χ1n) is 6.03. The van der Waals surface area contributed by atoms with Gasteiger partial charge in [-0.25, -0.2) is 0 Å². The summed E-state index contributed by atoms with van der Waals surface area (Å²) < 4.78 is 0. The lowest BCUT2D eigenvalue weighted by atomic mass is 9.69. The minimum Gasteiger partial charge on any atom is -0.0800 e. The highest BCUT2D eigenvalue weighted by Crippen LogP contribution is 2.40. The SMILES string of the molecule is CC1C=C(C(C)(C)C)C=CC1C(C)(C)C. The molecule has 2 unspecified atom stereocenters. The van der Waals surface area contributed by atoms with Gasteiger partial charge < -0.3 is 0 Å². The highest BCUT2D eigenvalue weighted by atomic mass is 14.3. The minimum absolute atomic E-state index is 0.285. The molecule has 1 rings (SSSR count). The van der Waals surface area contributed by atoms with Crippen LogP contribution in [-0.4, -0.2) is 0 Å². The molecule has 15 heavy (non-hydrogen) atoms. The average molecular weight is 206 g/mol. The number of rotatable bonds is 0. The molecule has 0 bridgehead atoms. The molecular weight excluding hydrogens is 180 g/mol. The Kier molecular flexibility index (Phi) is 3.19. The standard InChI is InChI=1S/C15H26/c1-11-10-12(14(2,3)4)8-9-13(11)15(5,6)7/h8-11,13H,1-7H3. The lowest BCUT2D eigenvalue weighted by Gasteiger charge is -2.36. The van der Waals surface area contributed by atoms with Crippen LogP contribution in [0.15, 0.2) is 23.8 Å². The predicted octanol–water partition coefficient (Wildman–Crippen LogP) is 4.83. The van der Waals surface area contributed by atoms with Crippen LogP contribution >= 0.6 is 0 Å². The fourth-order valence-electron chi connectivity index (χ4n) is 2.40. The van der Waals surface area contributed by atoms with Crippen LogP contribution in [0.5, 0.6) is 0 Å². The second kappa shape index (κ2) is 3.81. The van der Waals surface area contributed by atoms with Crippen molar-refractivity contribution in [1.29, 1.82) is 0 Å². The molecule has 0 aromatic carbocycles. The third kappa shape index (κ3) is 2.96. The summed E-state index contributed by atoms with van der Waals surface area (Å²) in [5, 5.41) is 0. The molecule has 0 spiro atoms. The van der Waals surface area contributed by atoms with E-state index in [1.165, 1.54) is 5.57 Å². The van der Waals surface area contributed by atoms with Gasteiger partial charge in [0, 0.05) is 0 Å².